The summed E-state index contributed by atoms with van der Waals surface area (Å²) in [5, 5.41) is 8.52. The Hall–Kier alpha value is -4.11. The van der Waals surface area contributed by atoms with Crippen molar-refractivity contribution >= 4 is 40.5 Å². The number of methoxy groups -OCH3 is 3. The lowest BCUT2D eigenvalue weighted by molar-refractivity contribution is -0.115. The third kappa shape index (κ3) is 6.46. The van der Waals surface area contributed by atoms with E-state index in [2.05, 4.69) is 16.0 Å². The summed E-state index contributed by atoms with van der Waals surface area (Å²) in [5.74, 6) is 0.548. The molecule has 0 unspecified atom stereocenters. The fourth-order valence-electron chi connectivity index (χ4n) is 3.17. The molecule has 0 saturated heterocycles. The standard InChI is InChI=1S/C25H25N3O5S/c1-31-20-14-17(15-21(32-2)23(20)33-3)24(30)28-25(34)27-19-11-9-18(10-12-19)26-22(29)13-16-7-5-4-6-8-16/h4-12,14-15H,13H2,1-3H3,(H,26,29)(H2,27,28,30,34). The van der Waals surface area contributed by atoms with Crippen molar-refractivity contribution in [3.8, 4) is 17.2 Å². The average Bonchev–Trinajstić information content (AvgIpc) is 2.84. The molecule has 3 aromatic carbocycles. The van der Waals surface area contributed by atoms with E-state index in [1.54, 1.807) is 24.3 Å². The Bertz CT molecular complexity index is 1140. The molecule has 0 spiro atoms. The van der Waals surface area contributed by atoms with Crippen molar-refractivity contribution in [2.75, 3.05) is 32.0 Å². The van der Waals surface area contributed by atoms with Crippen molar-refractivity contribution in [2.45, 2.75) is 6.42 Å². The number of ether oxygens (including phenoxy) is 3. The Kier molecular flexibility index (Phi) is 8.42. The van der Waals surface area contributed by atoms with Crippen LogP contribution in [0.25, 0.3) is 0 Å². The number of hydrogen-bond donors (Lipinski definition) is 3. The maximum atomic E-state index is 12.7. The first-order chi connectivity index (χ1) is 16.4. The van der Waals surface area contributed by atoms with Crippen LogP contribution in [0.15, 0.2) is 66.7 Å². The van der Waals surface area contributed by atoms with E-state index in [4.69, 9.17) is 26.4 Å². The van der Waals surface area contributed by atoms with Crippen LogP contribution in [-0.4, -0.2) is 38.3 Å². The number of amides is 2. The summed E-state index contributed by atoms with van der Waals surface area (Å²) in [7, 11) is 4.43. The first-order valence-electron chi connectivity index (χ1n) is 10.3. The molecule has 3 aromatic rings. The molecule has 0 saturated carbocycles. The fourth-order valence-corrected chi connectivity index (χ4v) is 3.38. The lowest BCUT2D eigenvalue weighted by atomic mass is 10.1. The van der Waals surface area contributed by atoms with Crippen molar-refractivity contribution in [3.63, 3.8) is 0 Å². The Balaban J connectivity index is 1.57. The monoisotopic (exact) mass is 479 g/mol. The maximum absolute atomic E-state index is 12.7. The van der Waals surface area contributed by atoms with Crippen molar-refractivity contribution in [3.05, 3.63) is 77.9 Å². The van der Waals surface area contributed by atoms with Gasteiger partial charge in [-0.25, -0.2) is 0 Å². The summed E-state index contributed by atoms with van der Waals surface area (Å²) in [6.07, 6.45) is 0.290. The number of carbonyl (C=O) groups is 2. The lowest BCUT2D eigenvalue weighted by Gasteiger charge is -2.15. The van der Waals surface area contributed by atoms with Gasteiger partial charge in [-0.3, -0.25) is 14.9 Å². The number of thiocarbonyl (C=S) groups is 1. The van der Waals surface area contributed by atoms with E-state index in [0.717, 1.165) is 5.56 Å². The zero-order valence-electron chi connectivity index (χ0n) is 19.0. The first-order valence-corrected chi connectivity index (χ1v) is 10.7. The molecular formula is C25H25N3O5S. The summed E-state index contributed by atoms with van der Waals surface area (Å²) in [6, 6.07) is 19.6. The van der Waals surface area contributed by atoms with Crippen LogP contribution in [0.2, 0.25) is 0 Å². The molecule has 0 aromatic heterocycles. The first kappa shape index (κ1) is 24.5. The highest BCUT2D eigenvalue weighted by Gasteiger charge is 2.17. The van der Waals surface area contributed by atoms with Gasteiger partial charge >= 0.3 is 0 Å². The number of rotatable bonds is 8. The molecule has 0 radical (unpaired) electrons. The van der Waals surface area contributed by atoms with Crippen molar-refractivity contribution in [1.82, 2.24) is 5.32 Å². The largest absolute Gasteiger partial charge is 0.493 e. The molecule has 9 heteroatoms. The van der Waals surface area contributed by atoms with Crippen molar-refractivity contribution in [2.24, 2.45) is 0 Å². The van der Waals surface area contributed by atoms with Gasteiger partial charge in [-0.2, -0.15) is 0 Å². The molecule has 34 heavy (non-hydrogen) atoms. The highest BCUT2D eigenvalue weighted by atomic mass is 32.1. The van der Waals surface area contributed by atoms with Crippen LogP contribution in [-0.2, 0) is 11.2 Å². The van der Waals surface area contributed by atoms with Gasteiger partial charge < -0.3 is 24.8 Å². The third-order valence-corrected chi connectivity index (χ3v) is 4.99. The van der Waals surface area contributed by atoms with Gasteiger partial charge in [0.1, 0.15) is 0 Å². The normalized spacial score (nSPS) is 10.1. The second kappa shape index (κ2) is 11.7. The second-order valence-corrected chi connectivity index (χ2v) is 7.52. The van der Waals surface area contributed by atoms with Crippen LogP contribution in [0.1, 0.15) is 15.9 Å². The molecule has 0 heterocycles. The zero-order chi connectivity index (χ0) is 24.5. The topological polar surface area (TPSA) is 97.9 Å². The molecule has 0 aliphatic heterocycles. The van der Waals surface area contributed by atoms with Gasteiger partial charge in [0.25, 0.3) is 5.91 Å². The highest BCUT2D eigenvalue weighted by molar-refractivity contribution is 7.80. The van der Waals surface area contributed by atoms with Crippen LogP contribution >= 0.6 is 12.2 Å². The minimum atomic E-state index is -0.443. The Labute approximate surface area is 203 Å². The van der Waals surface area contributed by atoms with E-state index in [0.29, 0.717) is 28.6 Å². The summed E-state index contributed by atoms with van der Waals surface area (Å²) in [5.41, 5.74) is 2.52. The molecule has 176 valence electrons. The van der Waals surface area contributed by atoms with Gasteiger partial charge in [-0.15, -0.1) is 0 Å². The summed E-state index contributed by atoms with van der Waals surface area (Å²) < 4.78 is 15.8. The van der Waals surface area contributed by atoms with E-state index >= 15 is 0 Å². The summed E-state index contributed by atoms with van der Waals surface area (Å²) in [6.45, 7) is 0. The lowest BCUT2D eigenvalue weighted by Crippen LogP contribution is -2.34. The van der Waals surface area contributed by atoms with E-state index in [1.807, 2.05) is 30.3 Å². The molecular weight excluding hydrogens is 454 g/mol. The van der Waals surface area contributed by atoms with Crippen LogP contribution in [0, 0.1) is 0 Å². The predicted molar refractivity (Wildman–Crippen MR) is 135 cm³/mol. The Morgan fingerprint density at radius 1 is 0.794 bits per heavy atom. The minimum Gasteiger partial charge on any atom is -0.493 e. The van der Waals surface area contributed by atoms with Crippen LogP contribution < -0.4 is 30.2 Å². The van der Waals surface area contributed by atoms with E-state index < -0.39 is 5.91 Å². The highest BCUT2D eigenvalue weighted by Crippen LogP contribution is 2.38. The van der Waals surface area contributed by atoms with Gasteiger partial charge in [0.2, 0.25) is 11.7 Å². The SMILES string of the molecule is COc1cc(C(=O)NC(=S)Nc2ccc(NC(=O)Cc3ccccc3)cc2)cc(OC)c1OC. The predicted octanol–water partition coefficient (Wildman–Crippen LogP) is 4.02. The van der Waals surface area contributed by atoms with Crippen LogP contribution in [0.3, 0.4) is 0 Å². The summed E-state index contributed by atoms with van der Waals surface area (Å²) in [4.78, 5) is 24.9. The molecule has 2 amide bonds. The van der Waals surface area contributed by atoms with Gasteiger partial charge in [-0.1, -0.05) is 30.3 Å². The Morgan fingerprint density at radius 2 is 1.35 bits per heavy atom. The zero-order valence-corrected chi connectivity index (χ0v) is 19.8. The summed E-state index contributed by atoms with van der Waals surface area (Å²) >= 11 is 5.26. The van der Waals surface area contributed by atoms with E-state index in [1.165, 1.54) is 33.5 Å². The maximum Gasteiger partial charge on any atom is 0.257 e. The number of benzene rings is 3. The molecule has 3 rings (SSSR count). The van der Waals surface area contributed by atoms with Gasteiger partial charge in [-0.05, 0) is 54.2 Å². The number of hydrogen-bond acceptors (Lipinski definition) is 6. The van der Waals surface area contributed by atoms with Gasteiger partial charge in [0.05, 0.1) is 27.8 Å². The van der Waals surface area contributed by atoms with Crippen LogP contribution in [0.4, 0.5) is 11.4 Å². The van der Waals surface area contributed by atoms with E-state index in [9.17, 15) is 9.59 Å². The number of carbonyl (C=O) groups excluding carboxylic acids is 2. The third-order valence-electron chi connectivity index (χ3n) is 4.79. The second-order valence-electron chi connectivity index (χ2n) is 7.11. The molecule has 0 aliphatic carbocycles. The van der Waals surface area contributed by atoms with Gasteiger partial charge in [0, 0.05) is 16.9 Å². The smallest absolute Gasteiger partial charge is 0.257 e. The minimum absolute atomic E-state index is 0.111. The molecule has 0 bridgehead atoms. The van der Waals surface area contributed by atoms with Crippen molar-refractivity contribution in [1.29, 1.82) is 0 Å². The van der Waals surface area contributed by atoms with Crippen molar-refractivity contribution < 1.29 is 23.8 Å². The molecule has 0 aliphatic rings. The quantitative estimate of drug-likeness (QED) is 0.420. The number of anilines is 2. The van der Waals surface area contributed by atoms with Crippen LogP contribution in [0.5, 0.6) is 17.2 Å². The molecule has 0 fully saturated rings. The molecule has 3 N–H and O–H groups in total. The van der Waals surface area contributed by atoms with Gasteiger partial charge in [0.15, 0.2) is 16.6 Å². The Morgan fingerprint density at radius 3 is 1.88 bits per heavy atom. The molecule has 8 nitrogen and oxygen atoms in total. The van der Waals surface area contributed by atoms with E-state index in [-0.39, 0.29) is 23.0 Å². The molecule has 0 atom stereocenters. The average molecular weight is 480 g/mol. The fraction of sp³-hybridized carbons (Fsp3) is 0.160. The number of nitrogens with one attached hydrogen (secondary N) is 3.